The molecule has 0 amide bonds. The summed E-state index contributed by atoms with van der Waals surface area (Å²) in [7, 11) is -7.97. The molecule has 214 valence electrons. The number of Topliss-reactive ketones (excluding diaryl/α,β-unsaturated/α-hetero) is 2. The van der Waals surface area contributed by atoms with E-state index in [1.807, 2.05) is 16.7 Å². The molecule has 0 radical (unpaired) electrons. The third-order valence-electron chi connectivity index (χ3n) is 5.94. The molecule has 1 aliphatic heterocycles. The molecule has 10 heteroatoms. The number of nitrogens with zero attached hydrogens (tertiary/aromatic N) is 2. The first-order valence-corrected chi connectivity index (χ1v) is 15.5. The number of hydrogen-bond donors (Lipinski definition) is 0. The van der Waals surface area contributed by atoms with E-state index in [0.29, 0.717) is 31.8 Å². The van der Waals surface area contributed by atoms with Crippen LogP contribution in [0.25, 0.3) is 0 Å². The van der Waals surface area contributed by atoms with E-state index in [0.717, 1.165) is 5.56 Å². The number of carbonyl (C=O) groups excluding carboxylic acids is 2. The van der Waals surface area contributed by atoms with Crippen molar-refractivity contribution in [3.05, 3.63) is 112 Å². The van der Waals surface area contributed by atoms with Crippen LogP contribution in [0.1, 0.15) is 26.3 Å². The van der Waals surface area contributed by atoms with Crippen molar-refractivity contribution in [3.63, 3.8) is 0 Å². The van der Waals surface area contributed by atoms with Crippen molar-refractivity contribution in [3.8, 4) is 0 Å². The number of hydrogen-bond acceptors (Lipinski definition) is 8. The number of aryl methyl sites for hydroxylation is 1. The van der Waals surface area contributed by atoms with Gasteiger partial charge in [0, 0.05) is 26.2 Å². The Morgan fingerprint density at radius 3 is 1.62 bits per heavy atom. The molecule has 0 unspecified atom stereocenters. The molecule has 0 spiro atoms. The van der Waals surface area contributed by atoms with Gasteiger partial charge in [-0.1, -0.05) is 42.5 Å². The molecule has 0 aliphatic carbocycles. The lowest BCUT2D eigenvalue weighted by Gasteiger charge is -2.33. The molecule has 1 saturated heterocycles. The average Bonchev–Trinajstić information content (AvgIpc) is 2.87. The van der Waals surface area contributed by atoms with Crippen LogP contribution >= 0.6 is 0 Å². The maximum atomic E-state index is 12.9. The predicted molar refractivity (Wildman–Crippen MR) is 159 cm³/mol. The molecule has 0 saturated carbocycles. The van der Waals surface area contributed by atoms with Crippen molar-refractivity contribution in [2.45, 2.75) is 32.6 Å². The van der Waals surface area contributed by atoms with Crippen LogP contribution < -0.4 is 0 Å². The van der Waals surface area contributed by atoms with E-state index in [4.69, 9.17) is 0 Å². The van der Waals surface area contributed by atoms with Crippen molar-refractivity contribution in [2.75, 3.05) is 26.2 Å². The first-order valence-electron chi connectivity index (χ1n) is 12.5. The molecule has 1 aliphatic rings. The lowest BCUT2D eigenvalue weighted by atomic mass is 10.2. The van der Waals surface area contributed by atoms with Crippen LogP contribution in [0, 0.1) is 6.92 Å². The number of allylic oxidation sites excluding steroid dienone is 9. The molecular formula is C30H36N2O6S2. The lowest BCUT2D eigenvalue weighted by Crippen LogP contribution is -2.41. The van der Waals surface area contributed by atoms with Crippen LogP contribution in [0.2, 0.25) is 0 Å². The Morgan fingerprint density at radius 2 is 1.20 bits per heavy atom. The molecule has 8 nitrogen and oxygen atoms in total. The lowest BCUT2D eigenvalue weighted by molar-refractivity contribution is -0.113. The smallest absolute Gasteiger partial charge is 0.210 e. The predicted octanol–water partition coefficient (Wildman–Crippen LogP) is 4.42. The zero-order chi connectivity index (χ0) is 30.1. The zero-order valence-corrected chi connectivity index (χ0v) is 25.0. The summed E-state index contributed by atoms with van der Waals surface area (Å²) in [4.78, 5) is 27.4. The fraction of sp³-hybridized carbons (Fsp3) is 0.267. The highest BCUT2D eigenvalue weighted by molar-refractivity contribution is 8.00. The summed E-state index contributed by atoms with van der Waals surface area (Å²) in [5, 5.41) is 0. The first kappa shape index (κ1) is 32.5. The Hall–Kier alpha value is -3.76. The highest BCUT2D eigenvalue weighted by Gasteiger charge is 2.24. The Bertz CT molecular complexity index is 1520. The van der Waals surface area contributed by atoms with Gasteiger partial charge in [-0.25, -0.2) is 16.8 Å². The monoisotopic (exact) mass is 584 g/mol. The van der Waals surface area contributed by atoms with Crippen LogP contribution in [0.3, 0.4) is 0 Å². The van der Waals surface area contributed by atoms with Gasteiger partial charge in [0.15, 0.2) is 11.6 Å². The fourth-order valence-electron chi connectivity index (χ4n) is 3.64. The second-order valence-corrected chi connectivity index (χ2v) is 13.3. The number of ketones is 2. The minimum absolute atomic E-state index is 0.0655. The number of carbonyl (C=O) groups is 2. The summed E-state index contributed by atoms with van der Waals surface area (Å²) in [5.74, 6) is -1.14. The summed E-state index contributed by atoms with van der Waals surface area (Å²) >= 11 is 0. The van der Waals surface area contributed by atoms with Gasteiger partial charge in [-0.05, 0) is 82.6 Å². The molecule has 1 aromatic rings. The van der Waals surface area contributed by atoms with Crippen LogP contribution in [0.4, 0.5) is 0 Å². The third kappa shape index (κ3) is 8.89. The summed E-state index contributed by atoms with van der Waals surface area (Å²) in [6.45, 7) is 15.7. The molecule has 0 bridgehead atoms. The molecule has 1 heterocycles. The van der Waals surface area contributed by atoms with Gasteiger partial charge < -0.3 is 9.80 Å². The number of rotatable bonds is 12. The highest BCUT2D eigenvalue weighted by atomic mass is 32.2. The Labute approximate surface area is 237 Å². The van der Waals surface area contributed by atoms with Crippen LogP contribution in [0.15, 0.2) is 111 Å². The molecule has 1 fully saturated rings. The van der Waals surface area contributed by atoms with Gasteiger partial charge in [-0.2, -0.15) is 0 Å². The van der Waals surface area contributed by atoms with Gasteiger partial charge in [0.2, 0.25) is 19.7 Å². The molecular weight excluding hydrogens is 548 g/mol. The van der Waals surface area contributed by atoms with Gasteiger partial charge in [0.25, 0.3) is 0 Å². The van der Waals surface area contributed by atoms with E-state index < -0.39 is 31.2 Å². The molecule has 0 aromatic heterocycles. The Kier molecular flexibility index (Phi) is 11.4. The van der Waals surface area contributed by atoms with Gasteiger partial charge >= 0.3 is 0 Å². The van der Waals surface area contributed by atoms with Gasteiger partial charge in [0.1, 0.15) is 9.81 Å². The van der Waals surface area contributed by atoms with Crippen molar-refractivity contribution in [2.24, 2.45) is 0 Å². The normalized spacial score (nSPS) is 15.8. The van der Waals surface area contributed by atoms with E-state index in [1.165, 1.54) is 56.4 Å². The minimum atomic E-state index is -4.03. The topological polar surface area (TPSA) is 109 Å². The maximum Gasteiger partial charge on any atom is 0.210 e. The largest absolute Gasteiger partial charge is 0.374 e. The number of piperazine rings is 1. The highest BCUT2D eigenvalue weighted by Crippen LogP contribution is 2.21. The van der Waals surface area contributed by atoms with Crippen molar-refractivity contribution < 1.29 is 26.4 Å². The number of sulfone groups is 2. The second kappa shape index (κ2) is 14.0. The third-order valence-corrected chi connectivity index (χ3v) is 9.67. The Morgan fingerprint density at radius 1 is 0.750 bits per heavy atom. The van der Waals surface area contributed by atoms with E-state index in [1.54, 1.807) is 37.5 Å². The minimum Gasteiger partial charge on any atom is -0.374 e. The second-order valence-electron chi connectivity index (χ2n) is 9.40. The molecule has 0 N–H and O–H groups in total. The van der Waals surface area contributed by atoms with E-state index >= 15 is 0 Å². The zero-order valence-electron chi connectivity index (χ0n) is 23.3. The van der Waals surface area contributed by atoms with Crippen molar-refractivity contribution in [1.29, 1.82) is 0 Å². The van der Waals surface area contributed by atoms with E-state index in [2.05, 4.69) is 13.2 Å². The Balaban J connectivity index is 2.07. The van der Waals surface area contributed by atoms with E-state index in [-0.39, 0.29) is 19.6 Å². The van der Waals surface area contributed by atoms with Crippen LogP contribution in [0.5, 0.6) is 0 Å². The van der Waals surface area contributed by atoms with Gasteiger partial charge in [-0.15, -0.1) is 0 Å². The summed E-state index contributed by atoms with van der Waals surface area (Å²) in [6, 6.07) is 6.34. The van der Waals surface area contributed by atoms with Crippen LogP contribution in [-0.4, -0.2) is 64.4 Å². The first-order chi connectivity index (χ1) is 18.7. The van der Waals surface area contributed by atoms with Gasteiger partial charge in [0.05, 0.1) is 9.80 Å². The molecule has 40 heavy (non-hydrogen) atoms. The molecule has 2 rings (SSSR count). The summed E-state index contributed by atoms with van der Waals surface area (Å²) in [5.41, 5.74) is 1.57. The van der Waals surface area contributed by atoms with Crippen LogP contribution in [-0.2, 0) is 29.3 Å². The quantitative estimate of drug-likeness (QED) is 0.262. The van der Waals surface area contributed by atoms with Gasteiger partial charge in [-0.3, -0.25) is 9.59 Å². The fourth-order valence-corrected chi connectivity index (χ4v) is 6.19. The van der Waals surface area contributed by atoms with Crippen molar-refractivity contribution >= 4 is 31.2 Å². The number of benzene rings is 1. The molecule has 1 aromatic carbocycles. The van der Waals surface area contributed by atoms with E-state index in [9.17, 15) is 26.4 Å². The standard InChI is InChI=1S/C30H36N2O6S2/c1-23(2)11-14-25(4)39(35,36)29(26(5)33)9-7-17-31-19-21-32(22-20-31)18-8-10-30(27(6)34)40(37,38)28-15-12-24(3)13-16-28/h7-18H,1,4,19-22H2,2-3,5-6H3/b14-11-,17-7?,18-8?,29-9+,30-10+. The van der Waals surface area contributed by atoms with Crippen molar-refractivity contribution in [1.82, 2.24) is 9.80 Å². The SMILES string of the molecule is C=C(C)/C=C\C(=C)S(=O)(=O)/C(=C/C=CN1CCN(C=C/C=C(\C(C)=O)S(=O)(=O)c2ccc(C)cc2)CC1)C(C)=O. The maximum absolute atomic E-state index is 12.9. The summed E-state index contributed by atoms with van der Waals surface area (Å²) in [6.07, 6.45) is 11.9. The molecule has 0 atom stereocenters. The average molecular weight is 585 g/mol. The summed E-state index contributed by atoms with van der Waals surface area (Å²) < 4.78 is 51.4.